The van der Waals surface area contributed by atoms with Gasteiger partial charge in [-0.25, -0.2) is 4.79 Å². The highest BCUT2D eigenvalue weighted by molar-refractivity contribution is 5.97. The smallest absolute Gasteiger partial charge is 0.328 e. The first kappa shape index (κ1) is 16.0. The van der Waals surface area contributed by atoms with Gasteiger partial charge in [0.15, 0.2) is 6.04 Å². The van der Waals surface area contributed by atoms with Crippen molar-refractivity contribution in [1.29, 1.82) is 0 Å². The predicted molar refractivity (Wildman–Crippen MR) is 85.1 cm³/mol. The summed E-state index contributed by atoms with van der Waals surface area (Å²) in [4.78, 5) is 26.1. The Balaban J connectivity index is 1.94. The second kappa shape index (κ2) is 5.96. The van der Waals surface area contributed by atoms with Gasteiger partial charge in [-0.05, 0) is 50.7 Å². The number of carbonyl (C=O) groups excluding carboxylic acids is 1. The summed E-state index contributed by atoms with van der Waals surface area (Å²) in [5.74, 6) is -0.658. The summed E-state index contributed by atoms with van der Waals surface area (Å²) in [7, 11) is 0. The van der Waals surface area contributed by atoms with Crippen LogP contribution in [0.3, 0.4) is 0 Å². The van der Waals surface area contributed by atoms with Crippen molar-refractivity contribution < 1.29 is 19.4 Å². The highest BCUT2D eigenvalue weighted by Crippen LogP contribution is 2.43. The van der Waals surface area contributed by atoms with E-state index in [1.54, 1.807) is 12.1 Å². The maximum Gasteiger partial charge on any atom is 0.328 e. The molecule has 1 amide bonds. The number of carbonyl (C=O) groups is 2. The molecule has 1 aromatic carbocycles. The number of rotatable bonds is 2. The molecule has 5 heteroatoms. The van der Waals surface area contributed by atoms with E-state index in [0.717, 1.165) is 18.4 Å². The van der Waals surface area contributed by atoms with Crippen LogP contribution in [0.15, 0.2) is 24.3 Å². The monoisotopic (exact) mass is 317 g/mol. The molecule has 1 heterocycles. The summed E-state index contributed by atoms with van der Waals surface area (Å²) < 4.78 is 5.91. The van der Waals surface area contributed by atoms with E-state index in [4.69, 9.17) is 4.74 Å². The highest BCUT2D eigenvalue weighted by atomic mass is 16.5. The molecule has 1 saturated carbocycles. The van der Waals surface area contributed by atoms with Gasteiger partial charge in [0, 0.05) is 5.56 Å². The lowest BCUT2D eigenvalue weighted by molar-refractivity contribution is -0.143. The average Bonchev–Trinajstić information content (AvgIpc) is 2.90. The van der Waals surface area contributed by atoms with Crippen LogP contribution in [-0.4, -0.2) is 40.3 Å². The molecule has 2 aliphatic rings. The second-order valence-electron chi connectivity index (χ2n) is 6.83. The van der Waals surface area contributed by atoms with Crippen LogP contribution in [0.5, 0.6) is 0 Å². The van der Waals surface area contributed by atoms with Gasteiger partial charge >= 0.3 is 5.97 Å². The quantitative estimate of drug-likeness (QED) is 0.911. The largest absolute Gasteiger partial charge is 0.480 e. The molecule has 124 valence electrons. The minimum atomic E-state index is -0.999. The van der Waals surface area contributed by atoms with Crippen molar-refractivity contribution in [2.45, 2.75) is 51.3 Å². The van der Waals surface area contributed by atoms with Gasteiger partial charge < -0.3 is 9.84 Å². The Kier molecular flexibility index (Phi) is 4.15. The molecule has 0 unspecified atom stereocenters. The molecule has 0 bridgehead atoms. The third kappa shape index (κ3) is 2.85. The van der Waals surface area contributed by atoms with Crippen LogP contribution in [0.25, 0.3) is 0 Å². The number of ether oxygens (including phenoxy) is 1. The Hall–Kier alpha value is -1.88. The molecule has 1 saturated heterocycles. The van der Waals surface area contributed by atoms with E-state index in [9.17, 15) is 14.7 Å². The van der Waals surface area contributed by atoms with Crippen molar-refractivity contribution in [1.82, 2.24) is 4.90 Å². The lowest BCUT2D eigenvalue weighted by atomic mass is 9.83. The lowest BCUT2D eigenvalue weighted by Crippen LogP contribution is -2.55. The molecule has 1 N–H and O–H groups in total. The summed E-state index contributed by atoms with van der Waals surface area (Å²) in [5.41, 5.74) is 0.831. The number of carboxylic acid groups (broad SMARTS) is 1. The molecular formula is C18H23NO4. The Labute approximate surface area is 136 Å². The standard InChI is InChI=1S/C18H23NO4/c1-12-3-5-14(6-4-12)16(20)19-15(17(21)22)11-23-18(19)9-7-13(2)8-10-18/h3-6,13,15H,7-11H2,1-2H3,(H,21,22)/t13?,15-,18?/m0/s1. The summed E-state index contributed by atoms with van der Waals surface area (Å²) in [6, 6.07) is 6.35. The molecule has 1 aliphatic carbocycles. The van der Waals surface area contributed by atoms with Gasteiger partial charge in [0.25, 0.3) is 5.91 Å². The first-order valence-electron chi connectivity index (χ1n) is 8.20. The van der Waals surface area contributed by atoms with Gasteiger partial charge in [-0.2, -0.15) is 0 Å². The third-order valence-corrected chi connectivity index (χ3v) is 5.12. The van der Waals surface area contributed by atoms with Crippen LogP contribution in [0.1, 0.15) is 48.5 Å². The first-order chi connectivity index (χ1) is 10.9. The minimum absolute atomic E-state index is 0.0707. The zero-order chi connectivity index (χ0) is 16.6. The van der Waals surface area contributed by atoms with E-state index >= 15 is 0 Å². The number of benzene rings is 1. The average molecular weight is 317 g/mol. The van der Waals surface area contributed by atoms with E-state index in [0.29, 0.717) is 24.3 Å². The lowest BCUT2D eigenvalue weighted by Gasteiger charge is -2.42. The van der Waals surface area contributed by atoms with Gasteiger partial charge in [-0.1, -0.05) is 24.6 Å². The van der Waals surface area contributed by atoms with Crippen LogP contribution in [0.2, 0.25) is 0 Å². The Morgan fingerprint density at radius 1 is 1.22 bits per heavy atom. The summed E-state index contributed by atoms with van der Waals surface area (Å²) in [5, 5.41) is 9.52. The summed E-state index contributed by atoms with van der Waals surface area (Å²) in [6.45, 7) is 4.21. The van der Waals surface area contributed by atoms with Gasteiger partial charge in [-0.3, -0.25) is 9.69 Å². The first-order valence-corrected chi connectivity index (χ1v) is 8.20. The van der Waals surface area contributed by atoms with E-state index < -0.39 is 17.7 Å². The van der Waals surface area contributed by atoms with Crippen molar-refractivity contribution in [2.75, 3.05) is 6.61 Å². The number of amides is 1. The van der Waals surface area contributed by atoms with Crippen molar-refractivity contribution in [2.24, 2.45) is 5.92 Å². The van der Waals surface area contributed by atoms with Crippen LogP contribution in [-0.2, 0) is 9.53 Å². The fourth-order valence-electron chi connectivity index (χ4n) is 3.60. The molecule has 2 fully saturated rings. The number of aliphatic carboxylic acids is 1. The van der Waals surface area contributed by atoms with Crippen LogP contribution < -0.4 is 0 Å². The SMILES string of the molecule is Cc1ccc(C(=O)N2[C@H](C(=O)O)COC23CCC(C)CC3)cc1. The number of hydrogen-bond donors (Lipinski definition) is 1. The molecule has 23 heavy (non-hydrogen) atoms. The Morgan fingerprint density at radius 3 is 2.39 bits per heavy atom. The maximum absolute atomic E-state index is 13.0. The van der Waals surface area contributed by atoms with Gasteiger partial charge in [0.05, 0.1) is 6.61 Å². The van der Waals surface area contributed by atoms with Crippen LogP contribution >= 0.6 is 0 Å². The van der Waals surface area contributed by atoms with Crippen LogP contribution in [0, 0.1) is 12.8 Å². The molecule has 1 spiro atoms. The van der Waals surface area contributed by atoms with Gasteiger partial charge in [0.2, 0.25) is 0 Å². The fourth-order valence-corrected chi connectivity index (χ4v) is 3.60. The number of nitrogens with zero attached hydrogens (tertiary/aromatic N) is 1. The maximum atomic E-state index is 13.0. The molecule has 0 radical (unpaired) electrons. The van der Waals surface area contributed by atoms with Gasteiger partial charge in [0.1, 0.15) is 5.72 Å². The number of hydrogen-bond acceptors (Lipinski definition) is 3. The number of aryl methyl sites for hydroxylation is 1. The topological polar surface area (TPSA) is 66.8 Å². The molecule has 1 aromatic rings. The van der Waals surface area contributed by atoms with Crippen LogP contribution in [0.4, 0.5) is 0 Å². The zero-order valence-corrected chi connectivity index (χ0v) is 13.6. The normalized spacial score (nSPS) is 30.6. The Morgan fingerprint density at radius 2 is 1.83 bits per heavy atom. The zero-order valence-electron chi connectivity index (χ0n) is 13.6. The summed E-state index contributed by atoms with van der Waals surface area (Å²) >= 11 is 0. The third-order valence-electron chi connectivity index (χ3n) is 5.12. The summed E-state index contributed by atoms with van der Waals surface area (Å²) in [6.07, 6.45) is 3.30. The highest BCUT2D eigenvalue weighted by Gasteiger charge is 2.53. The molecule has 3 rings (SSSR count). The second-order valence-corrected chi connectivity index (χ2v) is 6.83. The molecule has 1 atom stereocenters. The molecular weight excluding hydrogens is 294 g/mol. The van der Waals surface area contributed by atoms with Crippen molar-refractivity contribution in [3.05, 3.63) is 35.4 Å². The van der Waals surface area contributed by atoms with Gasteiger partial charge in [-0.15, -0.1) is 0 Å². The predicted octanol–water partition coefficient (Wildman–Crippen LogP) is 2.83. The van der Waals surface area contributed by atoms with E-state index in [-0.39, 0.29) is 12.5 Å². The molecule has 1 aliphatic heterocycles. The molecule has 5 nitrogen and oxygen atoms in total. The van der Waals surface area contributed by atoms with Crippen molar-refractivity contribution in [3.63, 3.8) is 0 Å². The van der Waals surface area contributed by atoms with E-state index in [1.807, 2.05) is 19.1 Å². The minimum Gasteiger partial charge on any atom is -0.480 e. The Bertz CT molecular complexity index is 602. The molecule has 0 aromatic heterocycles. The van der Waals surface area contributed by atoms with E-state index in [2.05, 4.69) is 6.92 Å². The fraction of sp³-hybridized carbons (Fsp3) is 0.556. The van der Waals surface area contributed by atoms with Crippen molar-refractivity contribution in [3.8, 4) is 0 Å². The van der Waals surface area contributed by atoms with E-state index in [1.165, 1.54) is 4.90 Å². The van der Waals surface area contributed by atoms with Crippen molar-refractivity contribution >= 4 is 11.9 Å². The number of carboxylic acids is 1.